The third kappa shape index (κ3) is 2.58. The fraction of sp³-hybridized carbons (Fsp3) is 0.444. The zero-order valence-corrected chi connectivity index (χ0v) is 12.0. The van der Waals surface area contributed by atoms with Crippen molar-refractivity contribution in [1.29, 1.82) is 0 Å². The number of fused-ring (bicyclic) bond motifs is 1. The molecular weight excluding hydrogens is 246 g/mol. The highest BCUT2D eigenvalue weighted by atomic mass is 16.3. The van der Waals surface area contributed by atoms with Gasteiger partial charge in [0.2, 0.25) is 0 Å². The first kappa shape index (κ1) is 13.6. The summed E-state index contributed by atoms with van der Waals surface area (Å²) in [5.41, 5.74) is 1.05. The van der Waals surface area contributed by atoms with Crippen molar-refractivity contribution in [1.82, 2.24) is 5.32 Å². The number of hydrogen-bond acceptors (Lipinski definition) is 2. The van der Waals surface area contributed by atoms with Gasteiger partial charge in [-0.05, 0) is 41.6 Å². The van der Waals surface area contributed by atoms with Crippen molar-refractivity contribution in [2.75, 3.05) is 6.54 Å². The molecule has 0 radical (unpaired) electrons. The van der Waals surface area contributed by atoms with Crippen molar-refractivity contribution in [2.24, 2.45) is 5.92 Å². The highest BCUT2D eigenvalue weighted by Gasteiger charge is 2.27. The average Bonchev–Trinajstić information content (AvgIpc) is 2.53. The van der Waals surface area contributed by atoms with Crippen LogP contribution in [0.2, 0.25) is 0 Å². The van der Waals surface area contributed by atoms with E-state index in [4.69, 9.17) is 0 Å². The van der Waals surface area contributed by atoms with Crippen LogP contribution in [0.25, 0.3) is 10.8 Å². The molecule has 3 rings (SSSR count). The summed E-state index contributed by atoms with van der Waals surface area (Å²) in [7, 11) is 0. The predicted molar refractivity (Wildman–Crippen MR) is 83.7 cm³/mol. The van der Waals surface area contributed by atoms with E-state index < -0.39 is 6.10 Å². The second-order valence-corrected chi connectivity index (χ2v) is 5.87. The second-order valence-electron chi connectivity index (χ2n) is 5.87. The average molecular weight is 269 g/mol. The summed E-state index contributed by atoms with van der Waals surface area (Å²) in [5, 5.41) is 16.7. The minimum Gasteiger partial charge on any atom is -0.387 e. The highest BCUT2D eigenvalue weighted by molar-refractivity contribution is 5.86. The van der Waals surface area contributed by atoms with Crippen molar-refractivity contribution >= 4 is 10.8 Å². The van der Waals surface area contributed by atoms with E-state index in [0.717, 1.165) is 24.4 Å². The molecule has 1 aliphatic heterocycles. The smallest absolute Gasteiger partial charge is 0.0949 e. The zero-order chi connectivity index (χ0) is 13.9. The number of hydrogen-bond donors (Lipinski definition) is 2. The van der Waals surface area contributed by atoms with Crippen molar-refractivity contribution < 1.29 is 5.11 Å². The van der Waals surface area contributed by atoms with Crippen molar-refractivity contribution in [3.63, 3.8) is 0 Å². The Kier molecular flexibility index (Phi) is 4.04. The number of rotatable bonds is 3. The number of aliphatic hydroxyl groups is 1. The van der Waals surface area contributed by atoms with Crippen LogP contribution in [0.3, 0.4) is 0 Å². The van der Waals surface area contributed by atoms with Gasteiger partial charge in [0.05, 0.1) is 6.10 Å². The van der Waals surface area contributed by atoms with Gasteiger partial charge in [-0.3, -0.25) is 0 Å². The predicted octanol–water partition coefficient (Wildman–Crippen LogP) is 3.65. The van der Waals surface area contributed by atoms with Crippen molar-refractivity contribution in [3.8, 4) is 0 Å². The van der Waals surface area contributed by atoms with Crippen LogP contribution in [-0.4, -0.2) is 17.7 Å². The van der Waals surface area contributed by atoms with E-state index in [1.165, 1.54) is 23.6 Å². The zero-order valence-electron chi connectivity index (χ0n) is 12.0. The molecule has 0 aromatic heterocycles. The van der Waals surface area contributed by atoms with E-state index >= 15 is 0 Å². The molecule has 0 amide bonds. The molecular formula is C18H23NO. The maximum Gasteiger partial charge on any atom is 0.0949 e. The van der Waals surface area contributed by atoms with Crippen LogP contribution in [0.1, 0.15) is 37.9 Å². The second kappa shape index (κ2) is 5.94. The molecule has 20 heavy (non-hydrogen) atoms. The number of aliphatic hydroxyl groups excluding tert-OH is 1. The largest absolute Gasteiger partial charge is 0.387 e. The van der Waals surface area contributed by atoms with Gasteiger partial charge in [-0.25, -0.2) is 0 Å². The quantitative estimate of drug-likeness (QED) is 0.891. The van der Waals surface area contributed by atoms with E-state index in [-0.39, 0.29) is 6.04 Å². The normalized spacial score (nSPS) is 24.7. The Balaban J connectivity index is 1.90. The Morgan fingerprint density at radius 3 is 2.85 bits per heavy atom. The van der Waals surface area contributed by atoms with Gasteiger partial charge in [0.15, 0.2) is 0 Å². The van der Waals surface area contributed by atoms with E-state index in [9.17, 15) is 5.11 Å². The van der Waals surface area contributed by atoms with Crippen LogP contribution in [0.4, 0.5) is 0 Å². The van der Waals surface area contributed by atoms with Crippen molar-refractivity contribution in [3.05, 3.63) is 48.0 Å². The molecule has 106 valence electrons. The van der Waals surface area contributed by atoms with Gasteiger partial charge in [-0.15, -0.1) is 0 Å². The summed E-state index contributed by atoms with van der Waals surface area (Å²) in [6.07, 6.45) is 3.09. The summed E-state index contributed by atoms with van der Waals surface area (Å²) in [5.74, 6) is 0.742. The number of piperidine rings is 1. The molecule has 2 nitrogen and oxygen atoms in total. The molecule has 0 saturated carbocycles. The molecule has 3 unspecified atom stereocenters. The summed E-state index contributed by atoms with van der Waals surface area (Å²) < 4.78 is 0. The molecule has 0 spiro atoms. The van der Waals surface area contributed by atoms with E-state index in [1.807, 2.05) is 18.2 Å². The lowest BCUT2D eigenvalue weighted by Crippen LogP contribution is -2.42. The van der Waals surface area contributed by atoms with Crippen LogP contribution in [-0.2, 0) is 0 Å². The minimum absolute atomic E-state index is 0.180. The Bertz CT molecular complexity index is 575. The molecule has 1 heterocycles. The van der Waals surface area contributed by atoms with E-state index in [2.05, 4.69) is 36.5 Å². The van der Waals surface area contributed by atoms with E-state index in [1.54, 1.807) is 0 Å². The van der Waals surface area contributed by atoms with Gasteiger partial charge in [-0.2, -0.15) is 0 Å². The fourth-order valence-corrected chi connectivity index (χ4v) is 3.37. The van der Waals surface area contributed by atoms with Crippen LogP contribution < -0.4 is 5.32 Å². The monoisotopic (exact) mass is 269 g/mol. The topological polar surface area (TPSA) is 32.3 Å². The summed E-state index contributed by atoms with van der Waals surface area (Å²) in [6, 6.07) is 14.7. The first-order valence-corrected chi connectivity index (χ1v) is 7.68. The Morgan fingerprint density at radius 2 is 2.00 bits per heavy atom. The molecule has 1 saturated heterocycles. The lowest BCUT2D eigenvalue weighted by molar-refractivity contribution is 0.0990. The molecule has 0 bridgehead atoms. The van der Waals surface area contributed by atoms with Gasteiger partial charge in [0, 0.05) is 6.04 Å². The first-order chi connectivity index (χ1) is 9.79. The maximum atomic E-state index is 10.8. The summed E-state index contributed by atoms with van der Waals surface area (Å²) in [6.45, 7) is 3.27. The molecule has 1 fully saturated rings. The van der Waals surface area contributed by atoms with Crippen LogP contribution in [0.5, 0.6) is 0 Å². The molecule has 0 aliphatic carbocycles. The van der Waals surface area contributed by atoms with Crippen molar-refractivity contribution in [2.45, 2.75) is 38.3 Å². The van der Waals surface area contributed by atoms with Gasteiger partial charge < -0.3 is 10.4 Å². The number of nitrogens with one attached hydrogen (secondary N) is 1. The fourth-order valence-electron chi connectivity index (χ4n) is 3.37. The van der Waals surface area contributed by atoms with E-state index in [0.29, 0.717) is 0 Å². The molecule has 2 N–H and O–H groups in total. The standard InChI is InChI=1S/C18H23NO/c1-2-13-10-11-19-17(12-13)18(20)16-9-5-7-14-6-3-4-8-15(14)16/h3-9,13,17-20H,2,10-12H2,1H3. The minimum atomic E-state index is -0.421. The molecule has 2 heteroatoms. The van der Waals surface area contributed by atoms with Gasteiger partial charge >= 0.3 is 0 Å². The highest BCUT2D eigenvalue weighted by Crippen LogP contribution is 2.31. The third-order valence-electron chi connectivity index (χ3n) is 4.65. The van der Waals surface area contributed by atoms with Gasteiger partial charge in [-0.1, -0.05) is 55.8 Å². The SMILES string of the molecule is CCC1CCNC(C(O)c2cccc3ccccc23)C1. The Labute approximate surface area is 120 Å². The van der Waals surface area contributed by atoms with Gasteiger partial charge in [0.25, 0.3) is 0 Å². The lowest BCUT2D eigenvalue weighted by Gasteiger charge is -2.33. The third-order valence-corrected chi connectivity index (χ3v) is 4.65. The van der Waals surface area contributed by atoms with Gasteiger partial charge in [0.1, 0.15) is 0 Å². The number of benzene rings is 2. The molecule has 2 aromatic rings. The summed E-state index contributed by atoms with van der Waals surface area (Å²) >= 11 is 0. The first-order valence-electron chi connectivity index (χ1n) is 7.68. The Hall–Kier alpha value is -1.38. The molecule has 2 aromatic carbocycles. The Morgan fingerprint density at radius 1 is 1.20 bits per heavy atom. The van der Waals surface area contributed by atoms with Crippen LogP contribution in [0, 0.1) is 5.92 Å². The molecule has 1 aliphatic rings. The lowest BCUT2D eigenvalue weighted by atomic mass is 9.85. The molecule has 3 atom stereocenters. The maximum absolute atomic E-state index is 10.8. The summed E-state index contributed by atoms with van der Waals surface area (Å²) in [4.78, 5) is 0. The van der Waals surface area contributed by atoms with Crippen LogP contribution >= 0.6 is 0 Å². The van der Waals surface area contributed by atoms with Crippen LogP contribution in [0.15, 0.2) is 42.5 Å².